The van der Waals surface area contributed by atoms with Crippen molar-refractivity contribution in [3.05, 3.63) is 76.7 Å². The molecule has 0 radical (unpaired) electrons. The molecule has 7 nitrogen and oxygen atoms in total. The number of fused-ring (bicyclic) bond motifs is 1. The first-order valence-electron chi connectivity index (χ1n) is 13.2. The summed E-state index contributed by atoms with van der Waals surface area (Å²) in [6.07, 6.45) is -0.607. The highest BCUT2D eigenvalue weighted by Crippen LogP contribution is 2.31. The molecule has 10 heteroatoms. The van der Waals surface area contributed by atoms with Crippen molar-refractivity contribution in [1.82, 2.24) is 25.1 Å². The predicted molar refractivity (Wildman–Crippen MR) is 144 cm³/mol. The van der Waals surface area contributed by atoms with Crippen molar-refractivity contribution in [3.8, 4) is 5.69 Å². The van der Waals surface area contributed by atoms with Crippen LogP contribution in [0.2, 0.25) is 0 Å². The van der Waals surface area contributed by atoms with E-state index >= 15 is 0 Å². The number of halogens is 3. The molecule has 0 atom stereocenters. The van der Waals surface area contributed by atoms with Crippen LogP contribution >= 0.6 is 0 Å². The van der Waals surface area contributed by atoms with Crippen molar-refractivity contribution in [2.75, 3.05) is 5.32 Å². The maximum Gasteiger partial charge on any atom is 0.416 e. The Balaban J connectivity index is 1.27. The first-order chi connectivity index (χ1) is 18.6. The van der Waals surface area contributed by atoms with Gasteiger partial charge in [-0.2, -0.15) is 18.3 Å². The summed E-state index contributed by atoms with van der Waals surface area (Å²) < 4.78 is 40.3. The van der Waals surface area contributed by atoms with Gasteiger partial charge in [-0.25, -0.2) is 14.6 Å². The minimum Gasteiger partial charge on any atom is -0.367 e. The third-order valence-electron chi connectivity index (χ3n) is 7.22. The Labute approximate surface area is 224 Å². The molecule has 4 aromatic rings. The SMILES string of the molecule is CCc1nc(NC2CCC(NC(=O)c3ccc(C(F)(F)F)cc3)CC2)c2c(C)nn(-c3ccc(C)cc3)c2n1. The number of rotatable bonds is 6. The third kappa shape index (κ3) is 5.74. The zero-order valence-electron chi connectivity index (χ0n) is 22.1. The lowest BCUT2D eigenvalue weighted by Crippen LogP contribution is -2.40. The van der Waals surface area contributed by atoms with Crippen molar-refractivity contribution in [2.45, 2.75) is 71.1 Å². The van der Waals surface area contributed by atoms with Crippen molar-refractivity contribution in [1.29, 1.82) is 0 Å². The Kier molecular flexibility index (Phi) is 7.29. The molecule has 2 aromatic heterocycles. The highest BCUT2D eigenvalue weighted by molar-refractivity contribution is 5.94. The minimum absolute atomic E-state index is 0.0412. The van der Waals surface area contributed by atoms with E-state index in [9.17, 15) is 18.0 Å². The predicted octanol–water partition coefficient (Wildman–Crippen LogP) is 6.17. The van der Waals surface area contributed by atoms with Gasteiger partial charge < -0.3 is 10.6 Å². The molecule has 39 heavy (non-hydrogen) atoms. The van der Waals surface area contributed by atoms with E-state index in [2.05, 4.69) is 10.6 Å². The second-order valence-electron chi connectivity index (χ2n) is 10.1. The first kappa shape index (κ1) is 26.6. The van der Waals surface area contributed by atoms with Crippen LogP contribution in [0, 0.1) is 13.8 Å². The summed E-state index contributed by atoms with van der Waals surface area (Å²) in [6, 6.07) is 12.6. The van der Waals surface area contributed by atoms with Gasteiger partial charge in [0.1, 0.15) is 11.6 Å². The van der Waals surface area contributed by atoms with Crippen molar-refractivity contribution < 1.29 is 18.0 Å². The fourth-order valence-electron chi connectivity index (χ4n) is 5.01. The Morgan fingerprint density at radius 3 is 2.21 bits per heavy atom. The van der Waals surface area contributed by atoms with Crippen LogP contribution in [-0.2, 0) is 12.6 Å². The van der Waals surface area contributed by atoms with Gasteiger partial charge in [0.05, 0.1) is 22.3 Å². The number of alkyl halides is 3. The molecule has 1 saturated carbocycles. The molecule has 0 unspecified atom stereocenters. The molecule has 1 aliphatic carbocycles. The summed E-state index contributed by atoms with van der Waals surface area (Å²) in [4.78, 5) is 22.2. The smallest absolute Gasteiger partial charge is 0.367 e. The van der Waals surface area contributed by atoms with Crippen LogP contribution in [0.4, 0.5) is 19.0 Å². The normalized spacial score (nSPS) is 17.8. The average Bonchev–Trinajstić information content (AvgIpc) is 3.26. The summed E-state index contributed by atoms with van der Waals surface area (Å²) >= 11 is 0. The van der Waals surface area contributed by atoms with Gasteiger partial charge >= 0.3 is 6.18 Å². The van der Waals surface area contributed by atoms with E-state index in [-0.39, 0.29) is 23.6 Å². The Morgan fingerprint density at radius 1 is 0.949 bits per heavy atom. The van der Waals surface area contributed by atoms with Crippen LogP contribution in [0.3, 0.4) is 0 Å². The van der Waals surface area contributed by atoms with Gasteiger partial charge in [-0.1, -0.05) is 24.6 Å². The van der Waals surface area contributed by atoms with E-state index in [0.29, 0.717) is 6.42 Å². The van der Waals surface area contributed by atoms with E-state index < -0.39 is 11.7 Å². The number of nitrogens with zero attached hydrogens (tertiary/aromatic N) is 4. The van der Waals surface area contributed by atoms with Crippen LogP contribution in [0.1, 0.15) is 65.6 Å². The van der Waals surface area contributed by atoms with E-state index in [1.165, 1.54) is 17.7 Å². The monoisotopic (exact) mass is 536 g/mol. The van der Waals surface area contributed by atoms with Gasteiger partial charge in [0.2, 0.25) is 0 Å². The highest BCUT2D eigenvalue weighted by atomic mass is 19.4. The van der Waals surface area contributed by atoms with Crippen molar-refractivity contribution >= 4 is 22.8 Å². The summed E-state index contributed by atoms with van der Waals surface area (Å²) in [5.74, 6) is 1.14. The molecule has 0 aliphatic heterocycles. The molecule has 1 aliphatic rings. The van der Waals surface area contributed by atoms with Crippen LogP contribution in [0.25, 0.3) is 16.7 Å². The molecule has 2 heterocycles. The standard InChI is InChI=1S/C29H31F3N6O/c1-4-24-35-26(25-18(3)37-38(27(25)36-24)23-15-5-17(2)6-16-23)33-21-11-13-22(14-12-21)34-28(39)19-7-9-20(10-8-19)29(30,31)32/h5-10,15-16,21-22H,4,11-14H2,1-3H3,(H,34,39)(H,33,35,36). The maximum absolute atomic E-state index is 12.8. The number of anilines is 1. The lowest BCUT2D eigenvalue weighted by Gasteiger charge is -2.30. The zero-order valence-corrected chi connectivity index (χ0v) is 22.1. The molecular weight excluding hydrogens is 505 g/mol. The molecule has 1 amide bonds. The number of aromatic nitrogens is 4. The second kappa shape index (κ2) is 10.7. The lowest BCUT2D eigenvalue weighted by atomic mass is 9.91. The van der Waals surface area contributed by atoms with Gasteiger partial charge in [-0.15, -0.1) is 0 Å². The molecular formula is C29H31F3N6O. The van der Waals surface area contributed by atoms with Gasteiger partial charge in [-0.3, -0.25) is 4.79 Å². The summed E-state index contributed by atoms with van der Waals surface area (Å²) in [5, 5.41) is 12.3. The Bertz CT molecular complexity index is 1470. The van der Waals surface area contributed by atoms with Crippen molar-refractivity contribution in [2.24, 2.45) is 0 Å². The van der Waals surface area contributed by atoms with Crippen LogP contribution in [0.5, 0.6) is 0 Å². The lowest BCUT2D eigenvalue weighted by molar-refractivity contribution is -0.137. The van der Waals surface area contributed by atoms with Gasteiger partial charge in [-0.05, 0) is 75.9 Å². The van der Waals surface area contributed by atoms with Crippen LogP contribution in [0.15, 0.2) is 48.5 Å². The zero-order chi connectivity index (χ0) is 27.7. The van der Waals surface area contributed by atoms with Crippen LogP contribution in [-0.4, -0.2) is 37.7 Å². The number of carbonyl (C=O) groups excluding carboxylic acids is 1. The summed E-state index contributed by atoms with van der Waals surface area (Å²) in [7, 11) is 0. The van der Waals surface area contributed by atoms with E-state index in [4.69, 9.17) is 15.1 Å². The largest absolute Gasteiger partial charge is 0.416 e. The van der Waals surface area contributed by atoms with Crippen LogP contribution < -0.4 is 10.6 Å². The van der Waals surface area contributed by atoms with Crippen molar-refractivity contribution in [3.63, 3.8) is 0 Å². The fourth-order valence-corrected chi connectivity index (χ4v) is 5.01. The number of nitrogens with one attached hydrogen (secondary N) is 2. The molecule has 0 spiro atoms. The number of benzene rings is 2. The number of hydrogen-bond donors (Lipinski definition) is 2. The molecule has 2 aromatic carbocycles. The number of amides is 1. The quantitative estimate of drug-likeness (QED) is 0.308. The molecule has 1 fully saturated rings. The number of carbonyl (C=O) groups is 1. The number of hydrogen-bond acceptors (Lipinski definition) is 5. The number of aryl methyl sites for hydroxylation is 3. The molecule has 5 rings (SSSR count). The minimum atomic E-state index is -4.43. The van der Waals surface area contributed by atoms with E-state index in [0.717, 1.165) is 71.9 Å². The summed E-state index contributed by atoms with van der Waals surface area (Å²) in [5.41, 5.74) is 3.17. The third-order valence-corrected chi connectivity index (χ3v) is 7.22. The fraction of sp³-hybridized carbons (Fsp3) is 0.379. The van der Waals surface area contributed by atoms with Gasteiger partial charge in [0.15, 0.2) is 5.65 Å². The van der Waals surface area contributed by atoms with Gasteiger partial charge in [0.25, 0.3) is 5.91 Å². The molecule has 0 saturated heterocycles. The highest BCUT2D eigenvalue weighted by Gasteiger charge is 2.30. The molecule has 2 N–H and O–H groups in total. The molecule has 204 valence electrons. The topological polar surface area (TPSA) is 84.7 Å². The Morgan fingerprint density at radius 2 is 1.59 bits per heavy atom. The van der Waals surface area contributed by atoms with E-state index in [1.54, 1.807) is 0 Å². The second-order valence-corrected chi connectivity index (χ2v) is 10.1. The first-order valence-corrected chi connectivity index (χ1v) is 13.2. The molecule has 0 bridgehead atoms. The van der Waals surface area contributed by atoms with E-state index in [1.807, 2.05) is 49.7 Å². The van der Waals surface area contributed by atoms with Gasteiger partial charge in [0, 0.05) is 24.1 Å². The average molecular weight is 537 g/mol. The summed E-state index contributed by atoms with van der Waals surface area (Å²) in [6.45, 7) is 6.03. The maximum atomic E-state index is 12.8. The Hall–Kier alpha value is -3.95.